The SMILES string of the molecule is O=C(N1CC2CCC1C2)C1(C(=O)N2CC3CCC2C3)CCC1. The molecule has 4 atom stereocenters. The lowest BCUT2D eigenvalue weighted by molar-refractivity contribution is -0.165. The van der Waals surface area contributed by atoms with Gasteiger partial charge >= 0.3 is 0 Å². The van der Waals surface area contributed by atoms with Crippen LogP contribution >= 0.6 is 0 Å². The van der Waals surface area contributed by atoms with E-state index in [2.05, 4.69) is 9.80 Å². The molecule has 0 spiro atoms. The number of hydrogen-bond acceptors (Lipinski definition) is 2. The van der Waals surface area contributed by atoms with E-state index in [1.165, 1.54) is 25.7 Å². The molecule has 2 aliphatic heterocycles. The van der Waals surface area contributed by atoms with Crippen LogP contribution in [0.15, 0.2) is 0 Å². The van der Waals surface area contributed by atoms with Gasteiger partial charge in [-0.25, -0.2) is 0 Å². The zero-order chi connectivity index (χ0) is 14.9. The molecule has 5 rings (SSSR count). The molecule has 0 aromatic rings. The second kappa shape index (κ2) is 4.48. The van der Waals surface area contributed by atoms with Crippen LogP contribution in [0, 0.1) is 17.3 Å². The van der Waals surface area contributed by atoms with Crippen LogP contribution in [0.5, 0.6) is 0 Å². The Hall–Kier alpha value is -1.06. The normalized spacial score (nSPS) is 41.1. The first-order valence-corrected chi connectivity index (χ1v) is 9.29. The molecule has 22 heavy (non-hydrogen) atoms. The van der Waals surface area contributed by atoms with Crippen molar-refractivity contribution in [1.29, 1.82) is 0 Å². The average Bonchev–Trinajstić information content (AvgIpc) is 3.25. The van der Waals surface area contributed by atoms with E-state index < -0.39 is 5.41 Å². The van der Waals surface area contributed by atoms with E-state index >= 15 is 0 Å². The van der Waals surface area contributed by atoms with Crippen molar-refractivity contribution in [3.05, 3.63) is 0 Å². The minimum absolute atomic E-state index is 0.193. The van der Waals surface area contributed by atoms with Crippen molar-refractivity contribution in [3.8, 4) is 0 Å². The number of carbonyl (C=O) groups is 2. The van der Waals surface area contributed by atoms with Crippen LogP contribution in [0.3, 0.4) is 0 Å². The van der Waals surface area contributed by atoms with E-state index in [0.29, 0.717) is 23.9 Å². The molecule has 4 nitrogen and oxygen atoms in total. The Balaban J connectivity index is 1.38. The highest BCUT2D eigenvalue weighted by Gasteiger charge is 2.58. The maximum Gasteiger partial charge on any atom is 0.238 e. The third-order valence-electron chi connectivity index (χ3n) is 7.37. The fraction of sp³-hybridized carbons (Fsp3) is 0.889. The number of hydrogen-bond donors (Lipinski definition) is 0. The molecule has 5 fully saturated rings. The summed E-state index contributed by atoms with van der Waals surface area (Å²) in [7, 11) is 0. The molecule has 4 heteroatoms. The van der Waals surface area contributed by atoms with Gasteiger partial charge in [0.05, 0.1) is 0 Å². The second-order valence-electron chi connectivity index (χ2n) is 8.52. The van der Waals surface area contributed by atoms with Gasteiger partial charge in [0.25, 0.3) is 0 Å². The van der Waals surface area contributed by atoms with Crippen LogP contribution in [0.2, 0.25) is 0 Å². The summed E-state index contributed by atoms with van der Waals surface area (Å²) in [4.78, 5) is 30.6. The molecule has 3 saturated carbocycles. The molecular formula is C18H26N2O2. The Bertz CT molecular complexity index is 485. The third kappa shape index (κ3) is 1.64. The van der Waals surface area contributed by atoms with Crippen LogP contribution in [-0.4, -0.2) is 46.8 Å². The number of piperidine rings is 2. The molecule has 4 unspecified atom stereocenters. The molecule has 0 N–H and O–H groups in total. The van der Waals surface area contributed by atoms with E-state index in [9.17, 15) is 9.59 Å². The van der Waals surface area contributed by atoms with Gasteiger partial charge in [-0.05, 0) is 63.2 Å². The predicted octanol–water partition coefficient (Wildman–Crippen LogP) is 2.18. The Kier molecular flexibility index (Phi) is 2.73. The van der Waals surface area contributed by atoms with Crippen LogP contribution < -0.4 is 0 Å². The highest BCUT2D eigenvalue weighted by Crippen LogP contribution is 2.50. The Morgan fingerprint density at radius 2 is 1.27 bits per heavy atom. The van der Waals surface area contributed by atoms with Gasteiger partial charge in [0.2, 0.25) is 11.8 Å². The smallest absolute Gasteiger partial charge is 0.238 e. The molecule has 4 bridgehead atoms. The maximum absolute atomic E-state index is 13.2. The van der Waals surface area contributed by atoms with Crippen molar-refractivity contribution < 1.29 is 9.59 Å². The Morgan fingerprint density at radius 1 is 0.773 bits per heavy atom. The summed E-state index contributed by atoms with van der Waals surface area (Å²) >= 11 is 0. The third-order valence-corrected chi connectivity index (χ3v) is 7.37. The Morgan fingerprint density at radius 3 is 1.55 bits per heavy atom. The fourth-order valence-electron chi connectivity index (χ4n) is 5.95. The van der Waals surface area contributed by atoms with Crippen LogP contribution in [0.25, 0.3) is 0 Å². The molecular weight excluding hydrogens is 276 g/mol. The minimum atomic E-state index is -0.658. The number of likely N-dealkylation sites (tertiary alicyclic amines) is 2. The second-order valence-corrected chi connectivity index (χ2v) is 8.52. The first-order chi connectivity index (χ1) is 10.7. The van der Waals surface area contributed by atoms with Crippen molar-refractivity contribution in [2.45, 2.75) is 69.9 Å². The van der Waals surface area contributed by atoms with Crippen molar-refractivity contribution in [2.75, 3.05) is 13.1 Å². The summed E-state index contributed by atoms with van der Waals surface area (Å²) in [6.07, 6.45) is 9.90. The maximum atomic E-state index is 13.2. The molecule has 5 aliphatic rings. The van der Waals surface area contributed by atoms with Gasteiger partial charge in [-0.3, -0.25) is 9.59 Å². The summed E-state index contributed by atoms with van der Waals surface area (Å²) in [5.74, 6) is 1.81. The molecule has 3 aliphatic carbocycles. The van der Waals surface area contributed by atoms with Gasteiger partial charge in [-0.1, -0.05) is 6.42 Å². The lowest BCUT2D eigenvalue weighted by Crippen LogP contribution is -2.59. The summed E-state index contributed by atoms with van der Waals surface area (Å²) in [5.41, 5.74) is -0.658. The van der Waals surface area contributed by atoms with Gasteiger partial charge in [0, 0.05) is 25.2 Å². The minimum Gasteiger partial charge on any atom is -0.338 e. The number of nitrogens with zero attached hydrogens (tertiary/aromatic N) is 2. The first-order valence-electron chi connectivity index (χ1n) is 9.29. The van der Waals surface area contributed by atoms with E-state index in [-0.39, 0.29) is 11.8 Å². The molecule has 120 valence electrons. The van der Waals surface area contributed by atoms with Crippen LogP contribution in [0.4, 0.5) is 0 Å². The summed E-state index contributed by atoms with van der Waals surface area (Å²) in [6.45, 7) is 1.84. The first kappa shape index (κ1) is 13.4. The topological polar surface area (TPSA) is 40.6 Å². The van der Waals surface area contributed by atoms with Crippen molar-refractivity contribution in [1.82, 2.24) is 9.80 Å². The number of amides is 2. The molecule has 2 heterocycles. The van der Waals surface area contributed by atoms with Gasteiger partial charge < -0.3 is 9.80 Å². The van der Waals surface area contributed by atoms with E-state index in [1.54, 1.807) is 0 Å². The molecule has 2 amide bonds. The summed E-state index contributed by atoms with van der Waals surface area (Å²) < 4.78 is 0. The highest BCUT2D eigenvalue weighted by atomic mass is 16.2. The predicted molar refractivity (Wildman–Crippen MR) is 82.0 cm³/mol. The van der Waals surface area contributed by atoms with E-state index in [4.69, 9.17) is 0 Å². The highest BCUT2D eigenvalue weighted by molar-refractivity contribution is 6.06. The van der Waals surface area contributed by atoms with E-state index in [0.717, 1.165) is 45.2 Å². The van der Waals surface area contributed by atoms with E-state index in [1.807, 2.05) is 0 Å². The molecule has 0 aromatic carbocycles. The Labute approximate surface area is 132 Å². The number of rotatable bonds is 2. The fourth-order valence-corrected chi connectivity index (χ4v) is 5.95. The number of carbonyl (C=O) groups excluding carboxylic acids is 2. The van der Waals surface area contributed by atoms with Crippen molar-refractivity contribution in [2.24, 2.45) is 17.3 Å². The molecule has 2 saturated heterocycles. The van der Waals surface area contributed by atoms with Crippen molar-refractivity contribution in [3.63, 3.8) is 0 Å². The van der Waals surface area contributed by atoms with Gasteiger partial charge in [0.1, 0.15) is 5.41 Å². The largest absolute Gasteiger partial charge is 0.338 e. The van der Waals surface area contributed by atoms with Crippen LogP contribution in [0.1, 0.15) is 57.8 Å². The lowest BCUT2D eigenvalue weighted by Gasteiger charge is -2.46. The molecule has 0 aromatic heterocycles. The van der Waals surface area contributed by atoms with Gasteiger partial charge in [0.15, 0.2) is 0 Å². The zero-order valence-electron chi connectivity index (χ0n) is 13.3. The summed E-state index contributed by atoms with van der Waals surface area (Å²) in [5, 5.41) is 0. The summed E-state index contributed by atoms with van der Waals surface area (Å²) in [6, 6.07) is 0.885. The van der Waals surface area contributed by atoms with Crippen molar-refractivity contribution >= 4 is 11.8 Å². The monoisotopic (exact) mass is 302 g/mol. The van der Waals surface area contributed by atoms with Crippen LogP contribution in [-0.2, 0) is 9.59 Å². The van der Waals surface area contributed by atoms with Gasteiger partial charge in [-0.2, -0.15) is 0 Å². The quantitative estimate of drug-likeness (QED) is 0.734. The standard InChI is InChI=1S/C18H26N2O2/c21-16(19-10-12-2-4-14(19)8-12)18(6-1-7-18)17(22)20-11-13-3-5-15(20)9-13/h12-15H,1-11H2. The zero-order valence-corrected chi connectivity index (χ0v) is 13.3. The molecule has 0 radical (unpaired) electrons. The van der Waals surface area contributed by atoms with Gasteiger partial charge in [-0.15, -0.1) is 0 Å². The lowest BCUT2D eigenvalue weighted by atomic mass is 9.66. The average molecular weight is 302 g/mol. The number of fused-ring (bicyclic) bond motifs is 4.